The summed E-state index contributed by atoms with van der Waals surface area (Å²) >= 11 is 0. The first-order valence-electron chi connectivity index (χ1n) is 14.1. The van der Waals surface area contributed by atoms with Crippen LogP contribution < -0.4 is 10.1 Å². The zero-order valence-corrected chi connectivity index (χ0v) is 22.8. The largest absolute Gasteiger partial charge is 0.482 e. The Morgan fingerprint density at radius 3 is 2.65 bits per heavy atom. The molecule has 1 aromatic carbocycles. The maximum atomic E-state index is 14.1. The molecule has 0 bridgehead atoms. The second-order valence-electron chi connectivity index (χ2n) is 10.6. The van der Waals surface area contributed by atoms with E-state index in [1.165, 1.54) is 6.42 Å². The minimum atomic E-state index is 0.0170. The molecule has 2 fully saturated rings. The molecule has 37 heavy (non-hydrogen) atoms. The number of amides is 2. The van der Waals surface area contributed by atoms with Crippen molar-refractivity contribution in [2.24, 2.45) is 0 Å². The summed E-state index contributed by atoms with van der Waals surface area (Å²) in [6.07, 6.45) is 7.16. The van der Waals surface area contributed by atoms with Gasteiger partial charge in [-0.1, -0.05) is 12.1 Å². The lowest BCUT2D eigenvalue weighted by Gasteiger charge is -2.37. The first-order chi connectivity index (χ1) is 18.0. The minimum absolute atomic E-state index is 0.0170. The van der Waals surface area contributed by atoms with Crippen molar-refractivity contribution in [3.05, 3.63) is 30.0 Å². The van der Waals surface area contributed by atoms with Gasteiger partial charge in [0.1, 0.15) is 11.4 Å². The van der Waals surface area contributed by atoms with E-state index in [1.807, 2.05) is 34.1 Å². The molecule has 2 aliphatic heterocycles. The van der Waals surface area contributed by atoms with E-state index in [1.54, 1.807) is 7.11 Å². The quantitative estimate of drug-likeness (QED) is 0.460. The molecule has 2 aromatic rings. The predicted molar refractivity (Wildman–Crippen MR) is 146 cm³/mol. The third kappa shape index (κ3) is 6.65. The summed E-state index contributed by atoms with van der Waals surface area (Å²) in [4.78, 5) is 30.9. The molecule has 2 aliphatic rings. The van der Waals surface area contributed by atoms with Crippen LogP contribution in [0.2, 0.25) is 0 Å². The maximum absolute atomic E-state index is 14.1. The van der Waals surface area contributed by atoms with Crippen LogP contribution >= 0.6 is 0 Å². The Labute approximate surface area is 221 Å². The highest BCUT2D eigenvalue weighted by molar-refractivity contribution is 6.00. The van der Waals surface area contributed by atoms with Crippen LogP contribution in [0, 0.1) is 0 Å². The van der Waals surface area contributed by atoms with E-state index >= 15 is 0 Å². The summed E-state index contributed by atoms with van der Waals surface area (Å²) < 4.78 is 13.5. The normalized spacial score (nSPS) is 18.4. The third-order valence-corrected chi connectivity index (χ3v) is 7.60. The number of nitrogens with zero attached hydrogens (tertiary/aromatic N) is 3. The highest BCUT2D eigenvalue weighted by Crippen LogP contribution is 2.31. The summed E-state index contributed by atoms with van der Waals surface area (Å²) in [7, 11) is 1.71. The van der Waals surface area contributed by atoms with Gasteiger partial charge in [-0.05, 0) is 77.5 Å². The molecule has 8 heteroatoms. The second kappa shape index (κ2) is 13.3. The zero-order chi connectivity index (χ0) is 26.2. The van der Waals surface area contributed by atoms with Crippen LogP contribution in [0.25, 0.3) is 10.9 Å². The van der Waals surface area contributed by atoms with Crippen molar-refractivity contribution in [2.75, 3.05) is 46.5 Å². The smallest absolute Gasteiger partial charge is 0.271 e. The molecule has 1 aromatic heterocycles. The molecule has 3 heterocycles. The Kier molecular flexibility index (Phi) is 9.86. The number of unbranched alkanes of at least 4 members (excludes halogenated alkanes) is 1. The standard InChI is InChI=1S/C29H44N4O4/c1-22(2)33(24-12-10-14-30-20-24)29(35)25-19-23-11-9-13-26(28(23)32(25)17-7-8-18-36-3)37-21-27(34)31-15-5-4-6-16-31/h9,11,13,19,22,24,30H,4-8,10,12,14-18,20-21H2,1-3H3/t24-/m1/s1. The number of carbonyl (C=O) groups is 2. The Balaban J connectivity index is 1.64. The summed E-state index contributed by atoms with van der Waals surface area (Å²) in [5, 5.41) is 4.42. The van der Waals surface area contributed by atoms with Gasteiger partial charge in [0, 0.05) is 57.4 Å². The summed E-state index contributed by atoms with van der Waals surface area (Å²) in [5.74, 6) is 0.744. The SMILES string of the molecule is COCCCCn1c(C(=O)N(C(C)C)[C@@H]2CCCNC2)cc2cccc(OCC(=O)N3CCCCC3)c21. The van der Waals surface area contributed by atoms with E-state index in [4.69, 9.17) is 9.47 Å². The number of carbonyl (C=O) groups excluding carboxylic acids is 2. The molecule has 0 spiro atoms. The Bertz CT molecular complexity index is 1040. The van der Waals surface area contributed by atoms with Gasteiger partial charge < -0.3 is 29.2 Å². The molecular formula is C29H44N4O4. The molecule has 4 rings (SSSR count). The number of aromatic nitrogens is 1. The van der Waals surface area contributed by atoms with E-state index in [0.717, 1.165) is 75.6 Å². The van der Waals surface area contributed by atoms with Crippen LogP contribution in [-0.4, -0.2) is 84.8 Å². The van der Waals surface area contributed by atoms with Gasteiger partial charge in [-0.2, -0.15) is 0 Å². The predicted octanol–water partition coefficient (Wildman–Crippen LogP) is 4.06. The van der Waals surface area contributed by atoms with E-state index in [9.17, 15) is 9.59 Å². The van der Waals surface area contributed by atoms with Crippen LogP contribution in [0.15, 0.2) is 24.3 Å². The highest BCUT2D eigenvalue weighted by Gasteiger charge is 2.31. The number of hydrogen-bond donors (Lipinski definition) is 1. The van der Waals surface area contributed by atoms with E-state index < -0.39 is 0 Å². The molecule has 2 amide bonds. The van der Waals surface area contributed by atoms with Gasteiger partial charge in [0.25, 0.3) is 11.8 Å². The Hall–Kier alpha value is -2.58. The van der Waals surface area contributed by atoms with Crippen molar-refractivity contribution in [3.8, 4) is 5.75 Å². The molecular weight excluding hydrogens is 468 g/mol. The van der Waals surface area contributed by atoms with Crippen LogP contribution in [0.1, 0.15) is 69.3 Å². The van der Waals surface area contributed by atoms with Crippen molar-refractivity contribution >= 4 is 22.7 Å². The van der Waals surface area contributed by atoms with Crippen molar-refractivity contribution in [1.82, 2.24) is 19.7 Å². The number of benzene rings is 1. The van der Waals surface area contributed by atoms with E-state index in [2.05, 4.69) is 23.7 Å². The van der Waals surface area contributed by atoms with Gasteiger partial charge in [0.05, 0.1) is 5.52 Å². The number of para-hydroxylation sites is 1. The van der Waals surface area contributed by atoms with Gasteiger partial charge in [-0.3, -0.25) is 9.59 Å². The second-order valence-corrected chi connectivity index (χ2v) is 10.6. The average Bonchev–Trinajstić information content (AvgIpc) is 3.30. The van der Waals surface area contributed by atoms with Crippen LogP contribution in [0.5, 0.6) is 5.75 Å². The van der Waals surface area contributed by atoms with Crippen LogP contribution in [0.4, 0.5) is 0 Å². The van der Waals surface area contributed by atoms with E-state index in [-0.39, 0.29) is 30.5 Å². The summed E-state index contributed by atoms with van der Waals surface area (Å²) in [5.41, 5.74) is 1.57. The molecule has 0 aliphatic carbocycles. The number of ether oxygens (including phenoxy) is 2. The van der Waals surface area contributed by atoms with Gasteiger partial charge in [-0.25, -0.2) is 0 Å². The Morgan fingerprint density at radius 1 is 1.14 bits per heavy atom. The molecule has 2 saturated heterocycles. The van der Waals surface area contributed by atoms with Crippen molar-refractivity contribution in [2.45, 2.75) is 77.4 Å². The lowest BCUT2D eigenvalue weighted by molar-refractivity contribution is -0.134. The van der Waals surface area contributed by atoms with Gasteiger partial charge in [0.15, 0.2) is 6.61 Å². The van der Waals surface area contributed by atoms with Crippen LogP contribution in [-0.2, 0) is 16.1 Å². The summed E-state index contributed by atoms with van der Waals surface area (Å²) in [6, 6.07) is 8.15. The number of aryl methyl sites for hydroxylation is 1. The topological polar surface area (TPSA) is 76.0 Å². The minimum Gasteiger partial charge on any atom is -0.482 e. The molecule has 0 unspecified atom stereocenters. The molecule has 1 N–H and O–H groups in total. The first-order valence-corrected chi connectivity index (χ1v) is 14.1. The number of fused-ring (bicyclic) bond motifs is 1. The zero-order valence-electron chi connectivity index (χ0n) is 22.8. The molecule has 0 saturated carbocycles. The average molecular weight is 513 g/mol. The fourth-order valence-electron chi connectivity index (χ4n) is 5.73. The monoisotopic (exact) mass is 512 g/mol. The number of methoxy groups -OCH3 is 1. The van der Waals surface area contributed by atoms with Gasteiger partial charge in [0.2, 0.25) is 0 Å². The van der Waals surface area contributed by atoms with Crippen LogP contribution in [0.3, 0.4) is 0 Å². The van der Waals surface area contributed by atoms with E-state index in [0.29, 0.717) is 24.6 Å². The maximum Gasteiger partial charge on any atom is 0.271 e. The number of hydrogen-bond acceptors (Lipinski definition) is 5. The third-order valence-electron chi connectivity index (χ3n) is 7.60. The van der Waals surface area contributed by atoms with Crippen molar-refractivity contribution < 1.29 is 19.1 Å². The number of piperidine rings is 2. The lowest BCUT2D eigenvalue weighted by Crippen LogP contribution is -2.52. The lowest BCUT2D eigenvalue weighted by atomic mass is 10.0. The first kappa shape index (κ1) is 27.5. The molecule has 1 atom stereocenters. The highest BCUT2D eigenvalue weighted by atomic mass is 16.5. The van der Waals surface area contributed by atoms with Gasteiger partial charge >= 0.3 is 0 Å². The summed E-state index contributed by atoms with van der Waals surface area (Å²) in [6.45, 7) is 9.02. The molecule has 8 nitrogen and oxygen atoms in total. The molecule has 0 radical (unpaired) electrons. The fraction of sp³-hybridized carbons (Fsp3) is 0.655. The fourth-order valence-corrected chi connectivity index (χ4v) is 5.73. The van der Waals surface area contributed by atoms with Crippen molar-refractivity contribution in [1.29, 1.82) is 0 Å². The van der Waals surface area contributed by atoms with Gasteiger partial charge in [-0.15, -0.1) is 0 Å². The number of likely N-dealkylation sites (tertiary alicyclic amines) is 1. The number of rotatable bonds is 11. The van der Waals surface area contributed by atoms with Crippen molar-refractivity contribution in [3.63, 3.8) is 0 Å². The molecule has 204 valence electrons. The Morgan fingerprint density at radius 2 is 1.95 bits per heavy atom. The number of nitrogens with one attached hydrogen (secondary N) is 1.